The number of aromatic hydroxyl groups is 1. The van der Waals surface area contributed by atoms with E-state index in [1.54, 1.807) is 24.4 Å². The van der Waals surface area contributed by atoms with E-state index in [0.29, 0.717) is 36.3 Å². The zero-order valence-electron chi connectivity index (χ0n) is 16.0. The summed E-state index contributed by atoms with van der Waals surface area (Å²) in [7, 11) is 0. The number of carbonyl (C=O) groups is 1. The first kappa shape index (κ1) is 17.7. The van der Waals surface area contributed by atoms with Gasteiger partial charge in [-0.25, -0.2) is 4.98 Å². The fourth-order valence-corrected chi connectivity index (χ4v) is 5.01. The van der Waals surface area contributed by atoms with Crippen molar-refractivity contribution in [3.05, 3.63) is 40.4 Å². The van der Waals surface area contributed by atoms with Crippen LogP contribution in [0.1, 0.15) is 44.2 Å². The normalized spacial score (nSPS) is 26.3. The van der Waals surface area contributed by atoms with Gasteiger partial charge in [-0.15, -0.1) is 0 Å². The number of rotatable bonds is 3. The summed E-state index contributed by atoms with van der Waals surface area (Å²) in [6, 6.07) is 5.22. The predicted molar refractivity (Wildman–Crippen MR) is 104 cm³/mol. The smallest absolute Gasteiger partial charge is 0.258 e. The van der Waals surface area contributed by atoms with Gasteiger partial charge >= 0.3 is 0 Å². The maximum Gasteiger partial charge on any atom is 0.258 e. The minimum absolute atomic E-state index is 0.0161. The van der Waals surface area contributed by atoms with E-state index in [9.17, 15) is 14.7 Å². The van der Waals surface area contributed by atoms with Crippen molar-refractivity contribution in [2.75, 3.05) is 19.6 Å². The Morgan fingerprint density at radius 3 is 2.89 bits per heavy atom. The molecule has 1 atom stereocenters. The summed E-state index contributed by atoms with van der Waals surface area (Å²) in [6.45, 7) is 3.38. The lowest BCUT2D eigenvalue weighted by Gasteiger charge is -2.48. The van der Waals surface area contributed by atoms with Crippen molar-refractivity contribution in [1.29, 1.82) is 0 Å². The van der Waals surface area contributed by atoms with Crippen LogP contribution in [0.2, 0.25) is 0 Å². The lowest BCUT2D eigenvalue weighted by atomic mass is 9.73. The van der Waals surface area contributed by atoms with Crippen molar-refractivity contribution in [3.63, 3.8) is 0 Å². The van der Waals surface area contributed by atoms with Crippen molar-refractivity contribution in [1.82, 2.24) is 19.2 Å². The first-order valence-electron chi connectivity index (χ1n) is 10.3. The number of nitrogens with zero attached hydrogens (tertiary/aromatic N) is 4. The van der Waals surface area contributed by atoms with Gasteiger partial charge in [0.05, 0.1) is 5.69 Å². The molecule has 2 aliphatic heterocycles. The van der Waals surface area contributed by atoms with E-state index in [4.69, 9.17) is 0 Å². The van der Waals surface area contributed by atoms with Crippen molar-refractivity contribution in [2.24, 2.45) is 5.41 Å². The Balaban J connectivity index is 1.36. The fourth-order valence-electron chi connectivity index (χ4n) is 5.01. The molecule has 3 aliphatic rings. The summed E-state index contributed by atoms with van der Waals surface area (Å²) < 4.78 is 1.37. The van der Waals surface area contributed by atoms with Crippen LogP contribution in [0.3, 0.4) is 0 Å². The molecule has 1 unspecified atom stereocenters. The molecule has 1 saturated carbocycles. The number of piperidine rings is 2. The second kappa shape index (κ2) is 6.58. The topological polar surface area (TPSA) is 78.2 Å². The number of pyridine rings is 1. The highest BCUT2D eigenvalue weighted by Crippen LogP contribution is 2.42. The monoisotopic (exact) mass is 382 g/mol. The number of aromatic nitrogens is 2. The van der Waals surface area contributed by atoms with Gasteiger partial charge in [-0.1, -0.05) is 0 Å². The van der Waals surface area contributed by atoms with Crippen LogP contribution < -0.4 is 5.56 Å². The molecule has 1 aliphatic carbocycles. The van der Waals surface area contributed by atoms with Gasteiger partial charge < -0.3 is 10.0 Å². The fraction of sp³-hybridized carbons (Fsp3) is 0.571. The highest BCUT2D eigenvalue weighted by Gasteiger charge is 2.45. The number of hydrogen-bond donors (Lipinski definition) is 1. The van der Waals surface area contributed by atoms with Crippen LogP contribution in [0, 0.1) is 5.41 Å². The van der Waals surface area contributed by atoms with Gasteiger partial charge in [-0.3, -0.25) is 18.9 Å². The average molecular weight is 382 g/mol. The maximum absolute atomic E-state index is 12.4. The zero-order valence-corrected chi connectivity index (χ0v) is 16.0. The first-order chi connectivity index (χ1) is 13.5. The summed E-state index contributed by atoms with van der Waals surface area (Å²) in [5.41, 5.74) is 0.989. The van der Waals surface area contributed by atoms with Gasteiger partial charge in [0.1, 0.15) is 0 Å². The second-order valence-electron chi connectivity index (χ2n) is 8.74. The SMILES string of the molecule is O=C1CCC2(CCCN(Cc3cc(=O)n4cccc(O)c4n3)C2)CN1C1CC1. The van der Waals surface area contributed by atoms with Gasteiger partial charge in [0.15, 0.2) is 11.4 Å². The average Bonchev–Trinajstić information content (AvgIpc) is 3.50. The molecule has 2 aromatic heterocycles. The zero-order chi connectivity index (χ0) is 19.3. The third kappa shape index (κ3) is 3.17. The van der Waals surface area contributed by atoms with Gasteiger partial charge in [-0.05, 0) is 50.8 Å². The van der Waals surface area contributed by atoms with Crippen LogP contribution in [0.15, 0.2) is 29.2 Å². The Bertz CT molecular complexity index is 983. The molecule has 0 radical (unpaired) electrons. The molecule has 3 fully saturated rings. The molecule has 1 amide bonds. The van der Waals surface area contributed by atoms with Crippen LogP contribution in [-0.2, 0) is 11.3 Å². The highest BCUT2D eigenvalue weighted by atomic mass is 16.3. The van der Waals surface area contributed by atoms with E-state index in [0.717, 1.165) is 51.7 Å². The Morgan fingerprint density at radius 1 is 1.21 bits per heavy atom. The quantitative estimate of drug-likeness (QED) is 0.875. The van der Waals surface area contributed by atoms with E-state index in [2.05, 4.69) is 14.8 Å². The Morgan fingerprint density at radius 2 is 2.07 bits per heavy atom. The molecule has 7 nitrogen and oxygen atoms in total. The van der Waals surface area contributed by atoms with Gasteiger partial charge in [0.2, 0.25) is 5.91 Å². The molecule has 5 rings (SSSR count). The molecule has 28 heavy (non-hydrogen) atoms. The summed E-state index contributed by atoms with van der Waals surface area (Å²) >= 11 is 0. The molecule has 4 heterocycles. The number of amides is 1. The van der Waals surface area contributed by atoms with Crippen LogP contribution in [0.5, 0.6) is 5.75 Å². The number of fused-ring (bicyclic) bond motifs is 1. The molecule has 1 spiro atoms. The van der Waals surface area contributed by atoms with E-state index in [-0.39, 0.29) is 16.7 Å². The largest absolute Gasteiger partial charge is 0.504 e. The molecule has 2 saturated heterocycles. The van der Waals surface area contributed by atoms with Crippen LogP contribution in [0.25, 0.3) is 5.65 Å². The highest BCUT2D eigenvalue weighted by molar-refractivity contribution is 5.78. The third-order valence-electron chi connectivity index (χ3n) is 6.53. The molecule has 2 aromatic rings. The minimum atomic E-state index is -0.175. The van der Waals surface area contributed by atoms with E-state index >= 15 is 0 Å². The summed E-state index contributed by atoms with van der Waals surface area (Å²) in [6.07, 6.45) is 7.81. The van der Waals surface area contributed by atoms with Gasteiger partial charge in [0, 0.05) is 49.8 Å². The number of likely N-dealkylation sites (tertiary alicyclic amines) is 2. The van der Waals surface area contributed by atoms with E-state index in [1.807, 2.05) is 0 Å². The van der Waals surface area contributed by atoms with Crippen molar-refractivity contribution < 1.29 is 9.90 Å². The minimum Gasteiger partial charge on any atom is -0.504 e. The van der Waals surface area contributed by atoms with Crippen molar-refractivity contribution >= 4 is 11.6 Å². The molecular weight excluding hydrogens is 356 g/mol. The summed E-state index contributed by atoms with van der Waals surface area (Å²) in [4.78, 5) is 33.7. The lowest BCUT2D eigenvalue weighted by Crippen LogP contribution is -2.54. The maximum atomic E-state index is 12.4. The Hall–Kier alpha value is -2.41. The van der Waals surface area contributed by atoms with Gasteiger partial charge in [-0.2, -0.15) is 0 Å². The molecule has 1 N–H and O–H groups in total. The Kier molecular flexibility index (Phi) is 4.16. The third-order valence-corrected chi connectivity index (χ3v) is 6.53. The lowest BCUT2D eigenvalue weighted by molar-refractivity contribution is -0.140. The number of carbonyl (C=O) groups excluding carboxylic acids is 1. The first-order valence-corrected chi connectivity index (χ1v) is 10.3. The van der Waals surface area contributed by atoms with Crippen molar-refractivity contribution in [3.8, 4) is 5.75 Å². The van der Waals surface area contributed by atoms with Crippen LogP contribution in [0.4, 0.5) is 0 Å². The standard InChI is InChI=1S/C21H26N4O3/c26-17-3-1-10-24-19(28)11-15(22-20(17)24)12-23-9-2-7-21(13-23)8-6-18(27)25(14-21)16-4-5-16/h1,3,10-11,16,26H,2,4-9,12-14H2. The Labute approximate surface area is 163 Å². The van der Waals surface area contributed by atoms with Crippen molar-refractivity contribution in [2.45, 2.75) is 51.1 Å². The summed E-state index contributed by atoms with van der Waals surface area (Å²) in [5, 5.41) is 10.1. The van der Waals surface area contributed by atoms with Crippen LogP contribution >= 0.6 is 0 Å². The van der Waals surface area contributed by atoms with Crippen LogP contribution in [-0.4, -0.2) is 55.9 Å². The molecular formula is C21H26N4O3. The van der Waals surface area contributed by atoms with E-state index in [1.165, 1.54) is 4.40 Å². The predicted octanol–water partition coefficient (Wildman–Crippen LogP) is 1.77. The second-order valence-corrected chi connectivity index (χ2v) is 8.74. The molecule has 7 heteroatoms. The molecule has 148 valence electrons. The molecule has 0 bridgehead atoms. The summed E-state index contributed by atoms with van der Waals surface area (Å²) in [5.74, 6) is 0.340. The van der Waals surface area contributed by atoms with E-state index < -0.39 is 0 Å². The van der Waals surface area contributed by atoms with Gasteiger partial charge in [0.25, 0.3) is 5.56 Å². The number of hydrogen-bond acceptors (Lipinski definition) is 5. The molecule has 0 aromatic carbocycles.